The lowest BCUT2D eigenvalue weighted by Crippen LogP contribution is -2.37. The maximum absolute atomic E-state index is 12.9. The van der Waals surface area contributed by atoms with Crippen molar-refractivity contribution in [3.63, 3.8) is 0 Å². The van der Waals surface area contributed by atoms with E-state index in [1.165, 1.54) is 24.3 Å². The summed E-state index contributed by atoms with van der Waals surface area (Å²) in [6.45, 7) is 1.31. The highest BCUT2D eigenvalue weighted by atomic mass is 19.1. The Bertz CT molecular complexity index is 990. The van der Waals surface area contributed by atoms with Gasteiger partial charge in [-0.1, -0.05) is 0 Å². The molecule has 4 rings (SSSR count). The molecule has 0 aliphatic carbocycles. The molecule has 0 unspecified atom stereocenters. The van der Waals surface area contributed by atoms with Crippen LogP contribution in [0.5, 0.6) is 5.75 Å². The van der Waals surface area contributed by atoms with E-state index in [4.69, 9.17) is 9.47 Å². The first-order valence-corrected chi connectivity index (χ1v) is 11.0. The smallest absolute Gasteiger partial charge is 0.262 e. The standard InChI is InChI=1S/C24H26FN3O5/c25-17-3-5-18(6-4-17)27-22(29)15-33-20-9-7-19(8-10-20)28-14-16(12-23(28)30)24(31)26-13-21-2-1-11-32-21/h3-10,16,21H,1-2,11-15H2,(H,26,31)(H,27,29)/t16-,21-/m0/s1. The van der Waals surface area contributed by atoms with Crippen molar-refractivity contribution in [2.75, 3.05) is 36.5 Å². The minimum absolute atomic E-state index is 0.0625. The van der Waals surface area contributed by atoms with Crippen molar-refractivity contribution in [2.45, 2.75) is 25.4 Å². The fourth-order valence-electron chi connectivity index (χ4n) is 3.90. The second-order valence-electron chi connectivity index (χ2n) is 8.12. The van der Waals surface area contributed by atoms with Crippen LogP contribution in [0.3, 0.4) is 0 Å². The number of nitrogens with one attached hydrogen (secondary N) is 2. The first-order chi connectivity index (χ1) is 16.0. The maximum Gasteiger partial charge on any atom is 0.262 e. The Kier molecular flexibility index (Phi) is 7.19. The number of carbonyl (C=O) groups is 3. The molecule has 2 aliphatic rings. The molecule has 33 heavy (non-hydrogen) atoms. The molecule has 2 heterocycles. The molecule has 9 heteroatoms. The third kappa shape index (κ3) is 6.07. The molecule has 2 N–H and O–H groups in total. The zero-order valence-corrected chi connectivity index (χ0v) is 18.1. The lowest BCUT2D eigenvalue weighted by molar-refractivity contribution is -0.126. The van der Waals surface area contributed by atoms with E-state index in [-0.39, 0.29) is 42.7 Å². The van der Waals surface area contributed by atoms with Gasteiger partial charge in [-0.05, 0) is 61.4 Å². The summed E-state index contributed by atoms with van der Waals surface area (Å²) in [7, 11) is 0. The quantitative estimate of drug-likeness (QED) is 0.638. The first kappa shape index (κ1) is 22.7. The van der Waals surface area contributed by atoms with E-state index in [2.05, 4.69) is 10.6 Å². The molecule has 0 bridgehead atoms. The molecule has 2 saturated heterocycles. The van der Waals surface area contributed by atoms with Crippen molar-refractivity contribution in [3.8, 4) is 5.75 Å². The van der Waals surface area contributed by atoms with Crippen molar-refractivity contribution in [1.82, 2.24) is 5.32 Å². The van der Waals surface area contributed by atoms with E-state index in [9.17, 15) is 18.8 Å². The van der Waals surface area contributed by atoms with Crippen LogP contribution in [-0.4, -0.2) is 50.1 Å². The molecule has 2 atom stereocenters. The van der Waals surface area contributed by atoms with E-state index < -0.39 is 5.92 Å². The van der Waals surface area contributed by atoms with Gasteiger partial charge in [0.15, 0.2) is 6.61 Å². The predicted octanol–water partition coefficient (Wildman–Crippen LogP) is 2.49. The van der Waals surface area contributed by atoms with Crippen LogP contribution in [0.25, 0.3) is 0 Å². The van der Waals surface area contributed by atoms with Gasteiger partial charge in [-0.25, -0.2) is 4.39 Å². The van der Waals surface area contributed by atoms with E-state index in [1.807, 2.05) is 0 Å². The Labute approximate surface area is 191 Å². The number of anilines is 2. The average molecular weight is 455 g/mol. The predicted molar refractivity (Wildman–Crippen MR) is 119 cm³/mol. The number of hydrogen-bond donors (Lipinski definition) is 2. The van der Waals surface area contributed by atoms with Gasteiger partial charge in [-0.2, -0.15) is 0 Å². The van der Waals surface area contributed by atoms with Crippen LogP contribution >= 0.6 is 0 Å². The molecule has 0 spiro atoms. The van der Waals surface area contributed by atoms with Crippen LogP contribution < -0.4 is 20.3 Å². The van der Waals surface area contributed by atoms with Crippen LogP contribution in [0, 0.1) is 11.7 Å². The summed E-state index contributed by atoms with van der Waals surface area (Å²) in [4.78, 5) is 38.5. The van der Waals surface area contributed by atoms with Crippen molar-refractivity contribution < 1.29 is 28.2 Å². The van der Waals surface area contributed by atoms with E-state index in [1.54, 1.807) is 29.2 Å². The number of halogens is 1. The van der Waals surface area contributed by atoms with Gasteiger partial charge in [0.1, 0.15) is 11.6 Å². The molecular formula is C24H26FN3O5. The lowest BCUT2D eigenvalue weighted by atomic mass is 10.1. The van der Waals surface area contributed by atoms with Crippen LogP contribution in [0.4, 0.5) is 15.8 Å². The zero-order valence-electron chi connectivity index (χ0n) is 18.1. The minimum atomic E-state index is -0.398. The largest absolute Gasteiger partial charge is 0.484 e. The second kappa shape index (κ2) is 10.4. The van der Waals surface area contributed by atoms with Crippen LogP contribution in [0.15, 0.2) is 48.5 Å². The summed E-state index contributed by atoms with van der Waals surface area (Å²) in [5, 5.41) is 5.51. The molecule has 3 amide bonds. The van der Waals surface area contributed by atoms with Gasteiger partial charge >= 0.3 is 0 Å². The SMILES string of the molecule is O=C(COc1ccc(N2C[C@@H](C(=O)NC[C@@H]3CCCO3)CC2=O)cc1)Nc1ccc(F)cc1. The number of amides is 3. The minimum Gasteiger partial charge on any atom is -0.484 e. The van der Waals surface area contributed by atoms with E-state index in [0.717, 1.165) is 19.4 Å². The molecule has 174 valence electrons. The van der Waals surface area contributed by atoms with Crippen molar-refractivity contribution in [1.29, 1.82) is 0 Å². The fraction of sp³-hybridized carbons (Fsp3) is 0.375. The van der Waals surface area contributed by atoms with Crippen molar-refractivity contribution >= 4 is 29.1 Å². The molecule has 0 aromatic heterocycles. The van der Waals surface area contributed by atoms with Gasteiger partial charge in [0.2, 0.25) is 11.8 Å². The molecule has 2 aliphatic heterocycles. The number of benzene rings is 2. The van der Waals surface area contributed by atoms with Gasteiger partial charge in [0.25, 0.3) is 5.91 Å². The van der Waals surface area contributed by atoms with E-state index in [0.29, 0.717) is 30.2 Å². The number of carbonyl (C=O) groups excluding carboxylic acids is 3. The average Bonchev–Trinajstić information content (AvgIpc) is 3.48. The van der Waals surface area contributed by atoms with Gasteiger partial charge in [-0.15, -0.1) is 0 Å². The Morgan fingerprint density at radius 2 is 1.88 bits per heavy atom. The van der Waals surface area contributed by atoms with Gasteiger partial charge in [0, 0.05) is 37.5 Å². The summed E-state index contributed by atoms with van der Waals surface area (Å²) in [5.41, 5.74) is 1.14. The number of ether oxygens (including phenoxy) is 2. The summed E-state index contributed by atoms with van der Waals surface area (Å²) in [6, 6.07) is 12.2. The van der Waals surface area contributed by atoms with Crippen LogP contribution in [-0.2, 0) is 19.1 Å². The number of hydrogen-bond acceptors (Lipinski definition) is 5. The monoisotopic (exact) mass is 455 g/mol. The van der Waals surface area contributed by atoms with Gasteiger partial charge in [0.05, 0.1) is 12.0 Å². The molecule has 2 aromatic carbocycles. The Hall–Kier alpha value is -3.46. The fourth-order valence-corrected chi connectivity index (χ4v) is 3.90. The van der Waals surface area contributed by atoms with Gasteiger partial charge in [-0.3, -0.25) is 14.4 Å². The summed E-state index contributed by atoms with van der Waals surface area (Å²) < 4.78 is 23.9. The molecule has 0 saturated carbocycles. The Balaban J connectivity index is 1.25. The second-order valence-corrected chi connectivity index (χ2v) is 8.12. The Morgan fingerprint density at radius 3 is 2.58 bits per heavy atom. The summed E-state index contributed by atoms with van der Waals surface area (Å²) in [5.74, 6) is -0.938. The number of rotatable bonds is 8. The highest BCUT2D eigenvalue weighted by molar-refractivity contribution is 6.00. The molecule has 0 radical (unpaired) electrons. The molecular weight excluding hydrogens is 429 g/mol. The van der Waals surface area contributed by atoms with E-state index >= 15 is 0 Å². The number of nitrogens with zero attached hydrogens (tertiary/aromatic N) is 1. The molecule has 2 aromatic rings. The maximum atomic E-state index is 12.9. The highest BCUT2D eigenvalue weighted by Crippen LogP contribution is 2.27. The van der Waals surface area contributed by atoms with Gasteiger partial charge < -0.3 is 25.0 Å². The van der Waals surface area contributed by atoms with Crippen molar-refractivity contribution in [2.24, 2.45) is 5.92 Å². The molecule has 8 nitrogen and oxygen atoms in total. The third-order valence-electron chi connectivity index (χ3n) is 5.67. The lowest BCUT2D eigenvalue weighted by Gasteiger charge is -2.18. The zero-order chi connectivity index (χ0) is 23.2. The Morgan fingerprint density at radius 1 is 1.12 bits per heavy atom. The summed E-state index contributed by atoms with van der Waals surface area (Å²) in [6.07, 6.45) is 2.18. The molecule has 2 fully saturated rings. The van der Waals surface area contributed by atoms with Crippen LogP contribution in [0.2, 0.25) is 0 Å². The normalized spacial score (nSPS) is 20.0. The first-order valence-electron chi connectivity index (χ1n) is 11.0. The van der Waals surface area contributed by atoms with Crippen molar-refractivity contribution in [3.05, 3.63) is 54.3 Å². The topological polar surface area (TPSA) is 97.0 Å². The summed E-state index contributed by atoms with van der Waals surface area (Å²) >= 11 is 0. The van der Waals surface area contributed by atoms with Crippen LogP contribution in [0.1, 0.15) is 19.3 Å². The highest BCUT2D eigenvalue weighted by Gasteiger charge is 2.35. The third-order valence-corrected chi connectivity index (χ3v) is 5.67.